The van der Waals surface area contributed by atoms with E-state index < -0.39 is 29.1 Å². The summed E-state index contributed by atoms with van der Waals surface area (Å²) in [6.07, 6.45) is 0.305. The van der Waals surface area contributed by atoms with Crippen molar-refractivity contribution in [1.82, 2.24) is 4.90 Å². The first-order valence-electron chi connectivity index (χ1n) is 8.74. The molecule has 2 saturated heterocycles. The molecule has 7 heteroatoms. The van der Waals surface area contributed by atoms with Crippen LogP contribution in [0.4, 0.5) is 4.79 Å². The number of amides is 1. The zero-order valence-electron chi connectivity index (χ0n) is 15.5. The second-order valence-corrected chi connectivity index (χ2v) is 7.03. The molecule has 2 fully saturated rings. The van der Waals surface area contributed by atoms with E-state index >= 15 is 0 Å². The Kier molecular flexibility index (Phi) is 4.95. The fourth-order valence-corrected chi connectivity index (χ4v) is 4.32. The van der Waals surface area contributed by atoms with E-state index in [2.05, 4.69) is 6.58 Å². The van der Waals surface area contributed by atoms with Gasteiger partial charge in [0.05, 0.1) is 14.2 Å². The van der Waals surface area contributed by atoms with Crippen LogP contribution in [0.2, 0.25) is 0 Å². The molecule has 3 rings (SSSR count). The Morgan fingerprint density at radius 3 is 2.00 bits per heavy atom. The van der Waals surface area contributed by atoms with Crippen LogP contribution in [0, 0.1) is 0 Å². The highest BCUT2D eigenvalue weighted by molar-refractivity contribution is 5.95. The molecule has 2 unspecified atom stereocenters. The summed E-state index contributed by atoms with van der Waals surface area (Å²) in [5.41, 5.74) is -1.09. The summed E-state index contributed by atoms with van der Waals surface area (Å²) in [4.78, 5) is 39.6. The van der Waals surface area contributed by atoms with Gasteiger partial charge in [-0.2, -0.15) is 0 Å². The summed E-state index contributed by atoms with van der Waals surface area (Å²) in [5, 5.41) is 0. The van der Waals surface area contributed by atoms with E-state index in [0.29, 0.717) is 5.57 Å². The summed E-state index contributed by atoms with van der Waals surface area (Å²) >= 11 is 0. The summed E-state index contributed by atoms with van der Waals surface area (Å²) in [7, 11) is 2.53. The molecule has 1 aromatic carbocycles. The molecule has 2 aliphatic rings. The topological polar surface area (TPSA) is 82.1 Å². The largest absolute Gasteiger partial charge is 0.467 e. The number of esters is 2. The van der Waals surface area contributed by atoms with Crippen molar-refractivity contribution in [2.45, 2.75) is 43.4 Å². The Bertz CT molecular complexity index is 740. The number of hydrogen-bond acceptors (Lipinski definition) is 6. The van der Waals surface area contributed by atoms with Crippen molar-refractivity contribution in [2.24, 2.45) is 0 Å². The molecule has 2 bridgehead atoms. The monoisotopic (exact) mass is 373 g/mol. The van der Waals surface area contributed by atoms with Gasteiger partial charge in [0.1, 0.15) is 17.7 Å². The van der Waals surface area contributed by atoms with Crippen LogP contribution in [0.15, 0.2) is 42.5 Å². The molecule has 0 aliphatic carbocycles. The first-order valence-corrected chi connectivity index (χ1v) is 8.74. The number of rotatable bonds is 4. The average molecular weight is 373 g/mol. The summed E-state index contributed by atoms with van der Waals surface area (Å²) < 4.78 is 15.4. The summed E-state index contributed by atoms with van der Waals surface area (Å²) in [6.45, 7) is 4.00. The van der Waals surface area contributed by atoms with Crippen molar-refractivity contribution in [3.8, 4) is 0 Å². The van der Waals surface area contributed by atoms with E-state index in [0.717, 1.165) is 5.56 Å². The molecule has 144 valence electrons. The summed E-state index contributed by atoms with van der Waals surface area (Å²) in [6, 6.07) is 9.19. The van der Waals surface area contributed by atoms with Crippen molar-refractivity contribution in [3.05, 3.63) is 48.0 Å². The van der Waals surface area contributed by atoms with Gasteiger partial charge in [-0.15, -0.1) is 0 Å². The lowest BCUT2D eigenvalue weighted by atomic mass is 9.81. The van der Waals surface area contributed by atoms with Gasteiger partial charge in [-0.25, -0.2) is 14.4 Å². The lowest BCUT2D eigenvalue weighted by Crippen LogP contribution is -2.66. The van der Waals surface area contributed by atoms with Gasteiger partial charge in [0.2, 0.25) is 0 Å². The number of fused-ring (bicyclic) bond motifs is 2. The zero-order chi connectivity index (χ0) is 19.7. The third kappa shape index (κ3) is 2.97. The van der Waals surface area contributed by atoms with E-state index in [1.165, 1.54) is 19.1 Å². The molecule has 2 atom stereocenters. The Morgan fingerprint density at radius 1 is 1.00 bits per heavy atom. The smallest absolute Gasteiger partial charge is 0.412 e. The third-order valence-electron chi connectivity index (χ3n) is 5.41. The molecule has 2 aliphatic heterocycles. The molecule has 7 nitrogen and oxygen atoms in total. The lowest BCUT2D eigenvalue weighted by Gasteiger charge is -2.47. The van der Waals surface area contributed by atoms with Gasteiger partial charge < -0.3 is 14.2 Å². The second-order valence-electron chi connectivity index (χ2n) is 7.03. The van der Waals surface area contributed by atoms with Gasteiger partial charge in [-0.1, -0.05) is 42.5 Å². The van der Waals surface area contributed by atoms with Crippen LogP contribution in [0.1, 0.15) is 31.2 Å². The molecule has 27 heavy (non-hydrogen) atoms. The SMILES string of the molecule is C=C1CC2(C(=O)OC)CCC(C(=O)OC)(C1)N2C(=O)OCc1ccccc1. The Morgan fingerprint density at radius 2 is 1.52 bits per heavy atom. The maximum atomic E-state index is 13.0. The molecule has 0 aromatic heterocycles. The van der Waals surface area contributed by atoms with E-state index in [9.17, 15) is 14.4 Å². The van der Waals surface area contributed by atoms with Crippen LogP contribution < -0.4 is 0 Å². The molecule has 0 saturated carbocycles. The van der Waals surface area contributed by atoms with Gasteiger partial charge in [0.25, 0.3) is 0 Å². The van der Waals surface area contributed by atoms with Crippen LogP contribution in [0.25, 0.3) is 0 Å². The van der Waals surface area contributed by atoms with Crippen molar-refractivity contribution in [2.75, 3.05) is 14.2 Å². The molecule has 0 N–H and O–H groups in total. The maximum Gasteiger partial charge on any atom is 0.412 e. The van der Waals surface area contributed by atoms with Gasteiger partial charge in [0, 0.05) is 12.8 Å². The van der Waals surface area contributed by atoms with Crippen molar-refractivity contribution >= 4 is 18.0 Å². The van der Waals surface area contributed by atoms with Gasteiger partial charge >= 0.3 is 18.0 Å². The number of hydrogen-bond donors (Lipinski definition) is 0. The highest BCUT2D eigenvalue weighted by atomic mass is 16.6. The number of ether oxygens (including phenoxy) is 3. The number of carbonyl (C=O) groups is 3. The Labute approximate surface area is 157 Å². The maximum absolute atomic E-state index is 13.0. The first kappa shape index (κ1) is 18.9. The molecule has 0 radical (unpaired) electrons. The predicted octanol–water partition coefficient (Wildman–Crippen LogP) is 2.59. The Balaban J connectivity index is 1.96. The van der Waals surface area contributed by atoms with Gasteiger partial charge in [-0.05, 0) is 18.4 Å². The predicted molar refractivity (Wildman–Crippen MR) is 95.6 cm³/mol. The normalized spacial score (nSPS) is 26.4. The highest BCUT2D eigenvalue weighted by Gasteiger charge is 2.68. The molecular weight excluding hydrogens is 350 g/mol. The fraction of sp³-hybridized carbons (Fsp3) is 0.450. The molecule has 2 heterocycles. The number of nitrogens with zero attached hydrogens (tertiary/aromatic N) is 1. The minimum absolute atomic E-state index is 0.0334. The van der Waals surface area contributed by atoms with E-state index in [1.54, 1.807) is 0 Å². The van der Waals surface area contributed by atoms with Crippen LogP contribution in [-0.2, 0) is 30.4 Å². The first-order chi connectivity index (χ1) is 12.9. The number of piperidine rings is 1. The van der Waals surface area contributed by atoms with Crippen LogP contribution in [0.5, 0.6) is 0 Å². The minimum atomic E-state index is -1.30. The standard InChI is InChI=1S/C20H23NO6/c1-14-11-19(16(22)25-2)9-10-20(12-14,17(23)26-3)21(19)18(24)27-13-15-7-5-4-6-8-15/h4-8H,1,9-13H2,2-3H3. The summed E-state index contributed by atoms with van der Waals surface area (Å²) in [5.74, 6) is -1.16. The number of methoxy groups -OCH3 is 2. The second kappa shape index (κ2) is 7.06. The molecular formula is C20H23NO6. The third-order valence-corrected chi connectivity index (χ3v) is 5.41. The van der Waals surface area contributed by atoms with E-state index in [-0.39, 0.29) is 32.3 Å². The van der Waals surface area contributed by atoms with Crippen LogP contribution >= 0.6 is 0 Å². The van der Waals surface area contributed by atoms with Crippen molar-refractivity contribution in [1.29, 1.82) is 0 Å². The van der Waals surface area contributed by atoms with E-state index in [4.69, 9.17) is 14.2 Å². The highest BCUT2D eigenvalue weighted by Crippen LogP contribution is 2.53. The average Bonchev–Trinajstić information content (AvgIpc) is 2.92. The van der Waals surface area contributed by atoms with Crippen LogP contribution in [0.3, 0.4) is 0 Å². The van der Waals surface area contributed by atoms with Crippen LogP contribution in [-0.4, -0.2) is 48.2 Å². The Hall–Kier alpha value is -2.83. The van der Waals surface area contributed by atoms with Crippen molar-refractivity contribution < 1.29 is 28.6 Å². The van der Waals surface area contributed by atoms with Gasteiger partial charge in [0.15, 0.2) is 0 Å². The number of carbonyl (C=O) groups excluding carboxylic acids is 3. The van der Waals surface area contributed by atoms with Crippen molar-refractivity contribution in [3.63, 3.8) is 0 Å². The van der Waals surface area contributed by atoms with E-state index in [1.807, 2.05) is 30.3 Å². The van der Waals surface area contributed by atoms with Gasteiger partial charge in [-0.3, -0.25) is 4.90 Å². The molecule has 1 aromatic rings. The zero-order valence-corrected chi connectivity index (χ0v) is 15.5. The molecule has 1 amide bonds. The lowest BCUT2D eigenvalue weighted by molar-refractivity contribution is -0.164. The minimum Gasteiger partial charge on any atom is -0.467 e. The molecule has 0 spiro atoms. The number of benzene rings is 1. The quantitative estimate of drug-likeness (QED) is 0.458. The fourth-order valence-electron chi connectivity index (χ4n) is 4.32.